The topological polar surface area (TPSA) is 83.0 Å². The highest BCUT2D eigenvalue weighted by atomic mass is 16.1. The van der Waals surface area contributed by atoms with Crippen molar-refractivity contribution in [3.05, 3.63) is 71.9 Å². The number of anilines is 3. The fourth-order valence-corrected chi connectivity index (χ4v) is 3.00. The lowest BCUT2D eigenvalue weighted by atomic mass is 10.2. The summed E-state index contributed by atoms with van der Waals surface area (Å²) in [5, 5.41) is 6.10. The van der Waals surface area contributed by atoms with Gasteiger partial charge in [-0.3, -0.25) is 9.78 Å². The van der Waals surface area contributed by atoms with E-state index < -0.39 is 0 Å². The second-order valence-corrected chi connectivity index (χ2v) is 6.53. The van der Waals surface area contributed by atoms with Crippen LogP contribution in [0, 0.1) is 6.92 Å². The summed E-state index contributed by atoms with van der Waals surface area (Å²) >= 11 is 0. The Kier molecular flexibility index (Phi) is 6.73. The number of pyridine rings is 1. The molecule has 0 atom stereocenters. The first-order valence-electron chi connectivity index (χ1n) is 9.75. The van der Waals surface area contributed by atoms with Gasteiger partial charge in [-0.25, -0.2) is 9.97 Å². The molecule has 3 rings (SSSR count). The highest BCUT2D eigenvalue weighted by Gasteiger charge is 2.11. The molecule has 29 heavy (non-hydrogen) atoms. The summed E-state index contributed by atoms with van der Waals surface area (Å²) in [4.78, 5) is 27.6. The van der Waals surface area contributed by atoms with Crippen LogP contribution in [0.1, 0.15) is 35.9 Å². The quantitative estimate of drug-likeness (QED) is 0.610. The number of benzene rings is 1. The minimum atomic E-state index is -0.263. The first-order chi connectivity index (χ1) is 14.1. The lowest BCUT2D eigenvalue weighted by molar-refractivity contribution is 0.0945. The third kappa shape index (κ3) is 5.51. The van der Waals surface area contributed by atoms with Gasteiger partial charge in [0.1, 0.15) is 17.3 Å². The zero-order valence-electron chi connectivity index (χ0n) is 17.0. The van der Waals surface area contributed by atoms with Gasteiger partial charge in [0.05, 0.1) is 12.2 Å². The Balaban J connectivity index is 1.69. The summed E-state index contributed by atoms with van der Waals surface area (Å²) in [6.07, 6.45) is 1.70. The van der Waals surface area contributed by atoms with Crippen molar-refractivity contribution in [3.63, 3.8) is 0 Å². The van der Waals surface area contributed by atoms with Crippen LogP contribution in [0.2, 0.25) is 0 Å². The minimum Gasteiger partial charge on any atom is -0.372 e. The summed E-state index contributed by atoms with van der Waals surface area (Å²) in [6.45, 7) is 8.32. The minimum absolute atomic E-state index is 0.263. The smallest absolute Gasteiger partial charge is 0.270 e. The molecule has 2 N–H and O–H groups in total. The molecule has 0 saturated heterocycles. The number of carbonyl (C=O) groups excluding carboxylic acids is 1. The number of nitrogens with one attached hydrogen (secondary N) is 2. The van der Waals surface area contributed by atoms with Crippen LogP contribution in [0.3, 0.4) is 0 Å². The molecule has 0 aliphatic carbocycles. The highest BCUT2D eigenvalue weighted by Crippen LogP contribution is 2.20. The molecule has 0 spiro atoms. The normalized spacial score (nSPS) is 10.4. The number of aromatic nitrogens is 3. The largest absolute Gasteiger partial charge is 0.372 e. The van der Waals surface area contributed by atoms with Gasteiger partial charge in [0.15, 0.2) is 0 Å². The van der Waals surface area contributed by atoms with Gasteiger partial charge in [0, 0.05) is 36.7 Å². The summed E-state index contributed by atoms with van der Waals surface area (Å²) in [5.74, 6) is 0.843. The molecule has 0 aliphatic heterocycles. The maximum absolute atomic E-state index is 12.5. The monoisotopic (exact) mass is 390 g/mol. The summed E-state index contributed by atoms with van der Waals surface area (Å²) in [6, 6.07) is 15.4. The Bertz CT molecular complexity index is 939. The third-order valence-electron chi connectivity index (χ3n) is 4.50. The molecule has 2 heterocycles. The molecule has 0 unspecified atom stereocenters. The van der Waals surface area contributed by atoms with E-state index in [0.717, 1.165) is 24.5 Å². The van der Waals surface area contributed by atoms with E-state index in [9.17, 15) is 4.79 Å². The van der Waals surface area contributed by atoms with Crippen LogP contribution < -0.4 is 15.5 Å². The van der Waals surface area contributed by atoms with Crippen LogP contribution in [0.4, 0.5) is 17.2 Å². The average Bonchev–Trinajstić information content (AvgIpc) is 2.74. The number of hydrogen-bond donors (Lipinski definition) is 2. The van der Waals surface area contributed by atoms with E-state index in [1.807, 2.05) is 30.3 Å². The molecular formula is C22H26N6O. The SMILES string of the molecule is CCN(CC)c1ccc(Nc2cc(C(=O)NCc3ccccn3)nc(C)n2)cc1. The van der Waals surface area contributed by atoms with Crippen LogP contribution in [0.25, 0.3) is 0 Å². The summed E-state index contributed by atoms with van der Waals surface area (Å²) in [7, 11) is 0. The Morgan fingerprint density at radius 2 is 1.79 bits per heavy atom. The van der Waals surface area contributed by atoms with E-state index in [2.05, 4.69) is 56.5 Å². The summed E-state index contributed by atoms with van der Waals surface area (Å²) in [5.41, 5.74) is 3.18. The number of hydrogen-bond acceptors (Lipinski definition) is 6. The number of amides is 1. The van der Waals surface area contributed by atoms with E-state index in [4.69, 9.17) is 0 Å². The highest BCUT2D eigenvalue weighted by molar-refractivity contribution is 5.93. The molecule has 0 radical (unpaired) electrons. The molecule has 3 aromatic rings. The molecular weight excluding hydrogens is 364 g/mol. The van der Waals surface area contributed by atoms with Crippen LogP contribution in [-0.2, 0) is 6.54 Å². The Morgan fingerprint density at radius 3 is 2.45 bits per heavy atom. The van der Waals surface area contributed by atoms with Gasteiger partial charge in [0.2, 0.25) is 0 Å². The second-order valence-electron chi connectivity index (χ2n) is 6.53. The molecule has 0 fully saturated rings. The van der Waals surface area contributed by atoms with Gasteiger partial charge in [-0.05, 0) is 57.2 Å². The Hall–Kier alpha value is -3.48. The van der Waals surface area contributed by atoms with E-state index in [1.165, 1.54) is 5.69 Å². The van der Waals surface area contributed by atoms with Crippen molar-refractivity contribution >= 4 is 23.1 Å². The predicted octanol–water partition coefficient (Wildman–Crippen LogP) is 3.70. The molecule has 7 heteroatoms. The van der Waals surface area contributed by atoms with Crippen molar-refractivity contribution in [2.24, 2.45) is 0 Å². The third-order valence-corrected chi connectivity index (χ3v) is 4.50. The van der Waals surface area contributed by atoms with Crippen LogP contribution in [-0.4, -0.2) is 33.9 Å². The van der Waals surface area contributed by atoms with Crippen molar-refractivity contribution in [3.8, 4) is 0 Å². The lowest BCUT2D eigenvalue weighted by Gasteiger charge is -2.21. The fourth-order valence-electron chi connectivity index (χ4n) is 3.00. The van der Waals surface area contributed by atoms with Gasteiger partial charge in [-0.15, -0.1) is 0 Å². The number of aryl methyl sites for hydroxylation is 1. The first-order valence-corrected chi connectivity index (χ1v) is 9.75. The first kappa shape index (κ1) is 20.3. The Labute approximate surface area is 171 Å². The molecule has 150 valence electrons. The molecule has 0 saturated carbocycles. The van der Waals surface area contributed by atoms with Gasteiger partial charge in [0.25, 0.3) is 5.91 Å². The van der Waals surface area contributed by atoms with Crippen LogP contribution in [0.15, 0.2) is 54.7 Å². The average molecular weight is 390 g/mol. The van der Waals surface area contributed by atoms with Crippen molar-refractivity contribution < 1.29 is 4.79 Å². The Morgan fingerprint density at radius 1 is 1.03 bits per heavy atom. The molecule has 2 aromatic heterocycles. The predicted molar refractivity (Wildman–Crippen MR) is 115 cm³/mol. The maximum Gasteiger partial charge on any atom is 0.270 e. The van der Waals surface area contributed by atoms with Crippen LogP contribution in [0.5, 0.6) is 0 Å². The second kappa shape index (κ2) is 9.64. The molecule has 7 nitrogen and oxygen atoms in total. The molecule has 0 bridgehead atoms. The number of nitrogens with zero attached hydrogens (tertiary/aromatic N) is 4. The maximum atomic E-state index is 12.5. The van der Waals surface area contributed by atoms with E-state index in [1.54, 1.807) is 19.2 Å². The number of rotatable bonds is 8. The van der Waals surface area contributed by atoms with Crippen molar-refractivity contribution in [1.82, 2.24) is 20.3 Å². The summed E-state index contributed by atoms with van der Waals surface area (Å²) < 4.78 is 0. The number of carbonyl (C=O) groups is 1. The van der Waals surface area contributed by atoms with Gasteiger partial charge in [-0.2, -0.15) is 0 Å². The van der Waals surface area contributed by atoms with Gasteiger partial charge < -0.3 is 15.5 Å². The molecule has 0 aliphatic rings. The fraction of sp³-hybridized carbons (Fsp3) is 0.273. The zero-order chi connectivity index (χ0) is 20.6. The van der Waals surface area contributed by atoms with Crippen molar-refractivity contribution in [1.29, 1.82) is 0 Å². The van der Waals surface area contributed by atoms with Gasteiger partial charge in [-0.1, -0.05) is 6.07 Å². The van der Waals surface area contributed by atoms with E-state index >= 15 is 0 Å². The van der Waals surface area contributed by atoms with Crippen molar-refractivity contribution in [2.75, 3.05) is 23.3 Å². The van der Waals surface area contributed by atoms with E-state index in [-0.39, 0.29) is 5.91 Å². The zero-order valence-corrected chi connectivity index (χ0v) is 17.0. The molecule has 1 aromatic carbocycles. The molecule has 1 amide bonds. The standard InChI is InChI=1S/C22H26N6O/c1-4-28(5-2)19-11-9-17(10-12-19)27-21-14-20(25-16(3)26-21)22(29)24-15-18-8-6-7-13-23-18/h6-14H,4-5,15H2,1-3H3,(H,24,29)(H,25,26,27). The van der Waals surface area contributed by atoms with Crippen LogP contribution >= 0.6 is 0 Å². The van der Waals surface area contributed by atoms with Crippen molar-refractivity contribution in [2.45, 2.75) is 27.3 Å². The lowest BCUT2D eigenvalue weighted by Crippen LogP contribution is -2.24. The van der Waals surface area contributed by atoms with Gasteiger partial charge >= 0.3 is 0 Å². The van der Waals surface area contributed by atoms with E-state index in [0.29, 0.717) is 23.9 Å².